The van der Waals surface area contributed by atoms with E-state index < -0.39 is 11.8 Å². The summed E-state index contributed by atoms with van der Waals surface area (Å²) in [7, 11) is 0. The van der Waals surface area contributed by atoms with Crippen LogP contribution >= 0.6 is 0 Å². The molecule has 5 nitrogen and oxygen atoms in total. The van der Waals surface area contributed by atoms with Gasteiger partial charge in [0.25, 0.3) is 0 Å². The number of hydrogen-bond donors (Lipinski definition) is 2. The summed E-state index contributed by atoms with van der Waals surface area (Å²) in [5, 5.41) is 5.19. The topological polar surface area (TPSA) is 61.4 Å². The quantitative estimate of drug-likeness (QED) is 0.671. The lowest BCUT2D eigenvalue weighted by atomic mass is 10.2. The minimum atomic E-state index is -0.666. The zero-order valence-corrected chi connectivity index (χ0v) is 13.2. The smallest absolute Gasteiger partial charge is 0.313 e. The largest absolute Gasteiger partial charge is 0.364 e. The van der Waals surface area contributed by atoms with Crippen LogP contribution in [0.15, 0.2) is 66.7 Å². The Hall–Kier alpha value is -3.08. The second kappa shape index (κ2) is 7.46. The van der Waals surface area contributed by atoms with E-state index in [2.05, 4.69) is 27.7 Å². The van der Waals surface area contributed by atoms with Gasteiger partial charge in [-0.2, -0.15) is 0 Å². The van der Waals surface area contributed by atoms with Crippen LogP contribution in [0.4, 0.5) is 11.4 Å². The SMILES string of the molecule is O=C(NCc1ccc(N2CC=CC2)cc1)C(=O)Nc1ccccc1. The highest BCUT2D eigenvalue weighted by Crippen LogP contribution is 2.17. The Morgan fingerprint density at radius 1 is 0.875 bits per heavy atom. The van der Waals surface area contributed by atoms with E-state index >= 15 is 0 Å². The fraction of sp³-hybridized carbons (Fsp3) is 0.158. The zero-order valence-electron chi connectivity index (χ0n) is 13.2. The predicted octanol–water partition coefficient (Wildman–Crippen LogP) is 2.32. The van der Waals surface area contributed by atoms with Crippen LogP contribution in [0.25, 0.3) is 0 Å². The number of carbonyl (C=O) groups excluding carboxylic acids is 2. The lowest BCUT2D eigenvalue weighted by Gasteiger charge is -2.17. The predicted molar refractivity (Wildman–Crippen MR) is 94.7 cm³/mol. The molecule has 0 aromatic heterocycles. The van der Waals surface area contributed by atoms with Gasteiger partial charge < -0.3 is 15.5 Å². The summed E-state index contributed by atoms with van der Waals surface area (Å²) in [5.74, 6) is -1.31. The Bertz CT molecular complexity index is 731. The van der Waals surface area contributed by atoms with Crippen LogP contribution in [0.3, 0.4) is 0 Å². The van der Waals surface area contributed by atoms with E-state index in [0.29, 0.717) is 12.2 Å². The molecule has 122 valence electrons. The molecule has 2 N–H and O–H groups in total. The van der Waals surface area contributed by atoms with Gasteiger partial charge >= 0.3 is 11.8 Å². The van der Waals surface area contributed by atoms with Crippen molar-refractivity contribution in [1.29, 1.82) is 0 Å². The second-order valence-corrected chi connectivity index (χ2v) is 5.55. The average Bonchev–Trinajstić information content (AvgIpc) is 3.15. The first-order valence-corrected chi connectivity index (χ1v) is 7.85. The van der Waals surface area contributed by atoms with Crippen molar-refractivity contribution >= 4 is 23.2 Å². The molecule has 2 aromatic carbocycles. The van der Waals surface area contributed by atoms with Crippen LogP contribution in [0.1, 0.15) is 5.56 Å². The number of benzene rings is 2. The second-order valence-electron chi connectivity index (χ2n) is 5.55. The Balaban J connectivity index is 1.49. The number of nitrogens with zero attached hydrogens (tertiary/aromatic N) is 1. The molecule has 0 fully saturated rings. The van der Waals surface area contributed by atoms with Gasteiger partial charge in [-0.25, -0.2) is 0 Å². The number of carbonyl (C=O) groups is 2. The molecule has 5 heteroatoms. The Kier molecular flexibility index (Phi) is 4.91. The molecule has 1 aliphatic rings. The van der Waals surface area contributed by atoms with E-state index in [9.17, 15) is 9.59 Å². The van der Waals surface area contributed by atoms with Gasteiger partial charge in [0.15, 0.2) is 0 Å². The Morgan fingerprint density at radius 2 is 1.54 bits per heavy atom. The molecular weight excluding hydrogens is 302 g/mol. The standard InChI is InChI=1S/C19H19N3O2/c23-18(19(24)21-16-6-2-1-3-7-16)20-14-15-8-10-17(11-9-15)22-12-4-5-13-22/h1-11H,12-14H2,(H,20,23)(H,21,24). The number of nitrogens with one attached hydrogen (secondary N) is 2. The van der Waals surface area contributed by atoms with Crippen molar-refractivity contribution in [2.45, 2.75) is 6.54 Å². The highest BCUT2D eigenvalue weighted by Gasteiger charge is 2.13. The van der Waals surface area contributed by atoms with Gasteiger partial charge in [0.2, 0.25) is 0 Å². The molecule has 1 heterocycles. The summed E-state index contributed by atoms with van der Waals surface area (Å²) in [6.07, 6.45) is 4.28. The zero-order chi connectivity index (χ0) is 16.8. The molecule has 0 atom stereocenters. The normalized spacial score (nSPS) is 12.9. The highest BCUT2D eigenvalue weighted by molar-refractivity contribution is 6.39. The van der Waals surface area contributed by atoms with Gasteiger partial charge in [-0.1, -0.05) is 42.5 Å². The molecule has 0 saturated heterocycles. The number of amides is 2. The van der Waals surface area contributed by atoms with E-state index in [1.54, 1.807) is 24.3 Å². The summed E-state index contributed by atoms with van der Waals surface area (Å²) in [5.41, 5.74) is 2.70. The summed E-state index contributed by atoms with van der Waals surface area (Å²) in [4.78, 5) is 25.9. The number of para-hydroxylation sites is 1. The Labute approximate surface area is 141 Å². The van der Waals surface area contributed by atoms with Crippen LogP contribution in [-0.4, -0.2) is 24.9 Å². The molecule has 1 aliphatic heterocycles. The monoisotopic (exact) mass is 321 g/mol. The maximum atomic E-state index is 11.9. The first-order valence-electron chi connectivity index (χ1n) is 7.85. The molecule has 0 saturated carbocycles. The summed E-state index contributed by atoms with van der Waals surface area (Å²) >= 11 is 0. The van der Waals surface area contributed by atoms with Crippen molar-refractivity contribution in [1.82, 2.24) is 5.32 Å². The molecule has 3 rings (SSSR count). The molecule has 2 aromatic rings. The van der Waals surface area contributed by atoms with E-state index in [-0.39, 0.29) is 0 Å². The maximum absolute atomic E-state index is 11.9. The van der Waals surface area contributed by atoms with E-state index in [1.807, 2.05) is 30.3 Å². The van der Waals surface area contributed by atoms with E-state index in [1.165, 1.54) is 0 Å². The van der Waals surface area contributed by atoms with Gasteiger partial charge in [0, 0.05) is 31.0 Å². The van der Waals surface area contributed by atoms with Gasteiger partial charge in [0.1, 0.15) is 0 Å². The fourth-order valence-electron chi connectivity index (χ4n) is 2.49. The Morgan fingerprint density at radius 3 is 2.21 bits per heavy atom. The van der Waals surface area contributed by atoms with Gasteiger partial charge in [-0.3, -0.25) is 9.59 Å². The van der Waals surface area contributed by atoms with Gasteiger partial charge in [-0.05, 0) is 29.8 Å². The molecular formula is C19H19N3O2. The molecule has 0 unspecified atom stereocenters. The first-order chi connectivity index (χ1) is 11.7. The lowest BCUT2D eigenvalue weighted by molar-refractivity contribution is -0.136. The number of anilines is 2. The van der Waals surface area contributed by atoms with Crippen molar-refractivity contribution in [3.8, 4) is 0 Å². The number of hydrogen-bond acceptors (Lipinski definition) is 3. The lowest BCUT2D eigenvalue weighted by Crippen LogP contribution is -2.34. The van der Waals surface area contributed by atoms with Crippen LogP contribution < -0.4 is 15.5 Å². The third-order valence-corrected chi connectivity index (χ3v) is 3.81. The molecule has 0 bridgehead atoms. The van der Waals surface area contributed by atoms with Crippen LogP contribution in [-0.2, 0) is 16.1 Å². The van der Waals surface area contributed by atoms with Crippen molar-refractivity contribution in [2.75, 3.05) is 23.3 Å². The molecule has 0 aliphatic carbocycles. The third kappa shape index (κ3) is 4.01. The highest BCUT2D eigenvalue weighted by atomic mass is 16.2. The molecule has 24 heavy (non-hydrogen) atoms. The van der Waals surface area contributed by atoms with Crippen molar-refractivity contribution in [2.24, 2.45) is 0 Å². The first kappa shape index (κ1) is 15.8. The van der Waals surface area contributed by atoms with Crippen molar-refractivity contribution in [3.63, 3.8) is 0 Å². The minimum Gasteiger partial charge on any atom is -0.364 e. The average molecular weight is 321 g/mol. The third-order valence-electron chi connectivity index (χ3n) is 3.81. The van der Waals surface area contributed by atoms with Crippen LogP contribution in [0, 0.1) is 0 Å². The van der Waals surface area contributed by atoms with Crippen molar-refractivity contribution in [3.05, 3.63) is 72.3 Å². The van der Waals surface area contributed by atoms with E-state index in [0.717, 1.165) is 24.3 Å². The molecule has 2 amide bonds. The summed E-state index contributed by atoms with van der Waals surface area (Å²) in [6, 6.07) is 16.9. The molecule has 0 spiro atoms. The summed E-state index contributed by atoms with van der Waals surface area (Å²) < 4.78 is 0. The van der Waals surface area contributed by atoms with Gasteiger partial charge in [0.05, 0.1) is 0 Å². The fourth-order valence-corrected chi connectivity index (χ4v) is 2.49. The van der Waals surface area contributed by atoms with Crippen LogP contribution in [0.2, 0.25) is 0 Å². The maximum Gasteiger partial charge on any atom is 0.313 e. The van der Waals surface area contributed by atoms with Crippen LogP contribution in [0.5, 0.6) is 0 Å². The minimum absolute atomic E-state index is 0.319. The van der Waals surface area contributed by atoms with Crippen molar-refractivity contribution < 1.29 is 9.59 Å². The molecule has 0 radical (unpaired) electrons. The summed E-state index contributed by atoms with van der Waals surface area (Å²) in [6.45, 7) is 2.17. The number of rotatable bonds is 4. The van der Waals surface area contributed by atoms with Gasteiger partial charge in [-0.15, -0.1) is 0 Å². The van der Waals surface area contributed by atoms with E-state index in [4.69, 9.17) is 0 Å².